The molecule has 1 N–H and O–H groups in total. The zero-order valence-electron chi connectivity index (χ0n) is 19.9. The number of carbonyl (C=O) groups is 1. The van der Waals surface area contributed by atoms with Crippen LogP contribution in [0.3, 0.4) is 0 Å². The number of fused-ring (bicyclic) bond motifs is 4. The molecule has 1 unspecified atom stereocenters. The quantitative estimate of drug-likeness (QED) is 0.478. The molecule has 0 saturated heterocycles. The summed E-state index contributed by atoms with van der Waals surface area (Å²) in [6.07, 6.45) is 3.19. The van der Waals surface area contributed by atoms with E-state index in [1.165, 1.54) is 10.8 Å². The Bertz CT molecular complexity index is 1640. The number of aromatic amines is 1. The van der Waals surface area contributed by atoms with Gasteiger partial charge in [-0.05, 0) is 48.1 Å². The molecule has 0 spiro atoms. The van der Waals surface area contributed by atoms with Gasteiger partial charge in [0.2, 0.25) is 0 Å². The molecule has 36 heavy (non-hydrogen) atoms. The lowest BCUT2D eigenvalue weighted by molar-refractivity contribution is 0.0964. The van der Waals surface area contributed by atoms with Crippen molar-refractivity contribution in [3.05, 3.63) is 97.3 Å². The Morgan fingerprint density at radius 3 is 2.69 bits per heavy atom. The van der Waals surface area contributed by atoms with E-state index in [1.807, 2.05) is 43.3 Å². The Hall–Kier alpha value is -4.20. The van der Waals surface area contributed by atoms with E-state index in [-0.39, 0.29) is 23.9 Å². The lowest BCUT2D eigenvalue weighted by Crippen LogP contribution is -2.33. The van der Waals surface area contributed by atoms with Crippen LogP contribution in [0, 0.1) is 6.92 Å². The molecule has 0 saturated carbocycles. The summed E-state index contributed by atoms with van der Waals surface area (Å²) < 4.78 is 12.9. The third kappa shape index (κ3) is 3.88. The van der Waals surface area contributed by atoms with Crippen molar-refractivity contribution >= 4 is 16.8 Å². The highest BCUT2D eigenvalue weighted by Gasteiger charge is 2.30. The number of hydrogen-bond acceptors (Lipinski definition) is 6. The van der Waals surface area contributed by atoms with Crippen LogP contribution in [0.25, 0.3) is 11.0 Å². The molecule has 3 heterocycles. The molecule has 0 amide bonds. The highest BCUT2D eigenvalue weighted by atomic mass is 16.5. The van der Waals surface area contributed by atoms with Crippen molar-refractivity contribution in [1.82, 2.24) is 14.5 Å². The fourth-order valence-electron chi connectivity index (χ4n) is 5.20. The lowest BCUT2D eigenvalue weighted by Gasteiger charge is -2.25. The number of H-pyrrole nitrogens is 1. The molecule has 2 aromatic carbocycles. The van der Waals surface area contributed by atoms with Gasteiger partial charge in [-0.2, -0.15) is 0 Å². The summed E-state index contributed by atoms with van der Waals surface area (Å²) in [6, 6.07) is 13.6. The number of nitrogens with one attached hydrogen (secondary N) is 1. The lowest BCUT2D eigenvalue weighted by atomic mass is 9.79. The van der Waals surface area contributed by atoms with E-state index in [2.05, 4.69) is 16.0 Å². The number of hydrogen-bond donors (Lipinski definition) is 1. The van der Waals surface area contributed by atoms with Gasteiger partial charge in [-0.15, -0.1) is 0 Å². The average Bonchev–Trinajstić information content (AvgIpc) is 3.11. The molecule has 4 aromatic rings. The molecule has 6 rings (SSSR count). The van der Waals surface area contributed by atoms with E-state index in [0.717, 1.165) is 23.1 Å². The fraction of sp³-hybridized carbons (Fsp3) is 0.286. The average molecular weight is 484 g/mol. The van der Waals surface area contributed by atoms with Gasteiger partial charge in [0.1, 0.15) is 5.65 Å². The third-order valence-corrected chi connectivity index (χ3v) is 6.96. The van der Waals surface area contributed by atoms with E-state index in [0.29, 0.717) is 54.1 Å². The summed E-state index contributed by atoms with van der Waals surface area (Å²) >= 11 is 0. The molecular formula is C28H25N3O5. The van der Waals surface area contributed by atoms with Crippen LogP contribution < -0.4 is 20.7 Å². The van der Waals surface area contributed by atoms with Crippen molar-refractivity contribution in [2.45, 2.75) is 38.6 Å². The zero-order valence-corrected chi connectivity index (χ0v) is 19.9. The van der Waals surface area contributed by atoms with Crippen molar-refractivity contribution in [3.8, 4) is 11.5 Å². The number of ketones is 1. The van der Waals surface area contributed by atoms with Crippen LogP contribution in [0.1, 0.15) is 51.4 Å². The second-order valence-corrected chi connectivity index (χ2v) is 9.47. The standard InChI is InChI=1S/C28H25N3O5/c1-16-4-2-5-18(10-16)19-12-20-21(22(32)13-19)14-29-26-25(20)27(33)30-28(34)31(26)15-17-6-7-23-24(11-17)36-9-3-8-35-23/h2,4-7,10-11,14,19H,3,8-9,12-13,15H2,1H3,(H,30,33,34). The first-order valence-electron chi connectivity index (χ1n) is 12.1. The summed E-state index contributed by atoms with van der Waals surface area (Å²) in [4.78, 5) is 45.9. The number of aryl methyl sites for hydroxylation is 1. The van der Waals surface area contributed by atoms with Crippen LogP contribution in [0.5, 0.6) is 11.5 Å². The summed E-state index contributed by atoms with van der Waals surface area (Å²) in [5.41, 5.74) is 3.30. The Balaban J connectivity index is 1.45. The molecule has 8 nitrogen and oxygen atoms in total. The molecule has 1 atom stereocenters. The molecule has 182 valence electrons. The van der Waals surface area contributed by atoms with Crippen LogP contribution in [0.15, 0.2) is 58.3 Å². The van der Waals surface area contributed by atoms with Gasteiger partial charge in [0, 0.05) is 24.6 Å². The Labute approximate surface area is 206 Å². The number of aromatic nitrogens is 3. The maximum absolute atomic E-state index is 13.1. The van der Waals surface area contributed by atoms with Gasteiger partial charge in [-0.3, -0.25) is 19.1 Å². The van der Waals surface area contributed by atoms with Gasteiger partial charge in [0.15, 0.2) is 17.3 Å². The highest BCUT2D eigenvalue weighted by molar-refractivity contribution is 6.02. The molecular weight excluding hydrogens is 458 g/mol. The summed E-state index contributed by atoms with van der Waals surface area (Å²) in [6.45, 7) is 3.35. The van der Waals surface area contributed by atoms with Crippen LogP contribution in [-0.4, -0.2) is 33.5 Å². The Kier molecular flexibility index (Phi) is 5.44. The van der Waals surface area contributed by atoms with Crippen molar-refractivity contribution in [2.75, 3.05) is 13.2 Å². The highest BCUT2D eigenvalue weighted by Crippen LogP contribution is 2.35. The maximum Gasteiger partial charge on any atom is 0.330 e. The Morgan fingerprint density at radius 1 is 1.03 bits per heavy atom. The van der Waals surface area contributed by atoms with Gasteiger partial charge in [-0.25, -0.2) is 9.78 Å². The summed E-state index contributed by atoms with van der Waals surface area (Å²) in [5.74, 6) is 1.21. The third-order valence-electron chi connectivity index (χ3n) is 6.96. The second-order valence-electron chi connectivity index (χ2n) is 9.47. The molecule has 2 aliphatic rings. The van der Waals surface area contributed by atoms with E-state index in [4.69, 9.17) is 9.47 Å². The van der Waals surface area contributed by atoms with Crippen LogP contribution in [0.2, 0.25) is 0 Å². The van der Waals surface area contributed by atoms with Gasteiger partial charge < -0.3 is 9.47 Å². The monoisotopic (exact) mass is 483 g/mol. The first-order chi connectivity index (χ1) is 17.5. The van der Waals surface area contributed by atoms with Gasteiger partial charge in [-0.1, -0.05) is 35.9 Å². The summed E-state index contributed by atoms with van der Waals surface area (Å²) in [7, 11) is 0. The van der Waals surface area contributed by atoms with Gasteiger partial charge in [0.05, 0.1) is 25.1 Å². The number of ether oxygens (including phenoxy) is 2. The molecule has 2 aromatic heterocycles. The van der Waals surface area contributed by atoms with Crippen molar-refractivity contribution < 1.29 is 14.3 Å². The fourth-order valence-corrected chi connectivity index (χ4v) is 5.20. The SMILES string of the molecule is Cc1cccc(C2CC(=O)c3cnc4c(c3C2)c(=O)[nH]c(=O)n4Cc2ccc3c(c2)OCCCO3)c1. The maximum atomic E-state index is 13.1. The molecule has 0 fully saturated rings. The second kappa shape index (κ2) is 8.78. The number of nitrogens with zero attached hydrogens (tertiary/aromatic N) is 2. The molecule has 0 radical (unpaired) electrons. The minimum Gasteiger partial charge on any atom is -0.490 e. The number of carbonyl (C=O) groups excluding carboxylic acids is 1. The Morgan fingerprint density at radius 2 is 1.86 bits per heavy atom. The van der Waals surface area contributed by atoms with E-state index in [9.17, 15) is 14.4 Å². The van der Waals surface area contributed by atoms with Gasteiger partial charge >= 0.3 is 5.69 Å². The molecule has 1 aliphatic carbocycles. The summed E-state index contributed by atoms with van der Waals surface area (Å²) in [5, 5.41) is 0.298. The molecule has 0 bridgehead atoms. The van der Waals surface area contributed by atoms with E-state index < -0.39 is 11.2 Å². The number of pyridine rings is 1. The number of benzene rings is 2. The largest absolute Gasteiger partial charge is 0.490 e. The number of rotatable bonds is 3. The molecule has 8 heteroatoms. The zero-order chi connectivity index (χ0) is 24.8. The number of Topliss-reactive ketones (excluding diaryl/α,β-unsaturated/α-hetero) is 1. The molecule has 1 aliphatic heterocycles. The topological polar surface area (TPSA) is 103 Å². The van der Waals surface area contributed by atoms with Crippen LogP contribution in [0.4, 0.5) is 0 Å². The predicted octanol–water partition coefficient (Wildman–Crippen LogP) is 3.52. The van der Waals surface area contributed by atoms with Crippen molar-refractivity contribution in [2.24, 2.45) is 0 Å². The van der Waals surface area contributed by atoms with Crippen LogP contribution >= 0.6 is 0 Å². The van der Waals surface area contributed by atoms with E-state index in [1.54, 1.807) is 0 Å². The first kappa shape index (κ1) is 22.3. The minimum absolute atomic E-state index is 0.0443. The minimum atomic E-state index is -0.551. The van der Waals surface area contributed by atoms with Crippen molar-refractivity contribution in [1.29, 1.82) is 0 Å². The van der Waals surface area contributed by atoms with Crippen molar-refractivity contribution in [3.63, 3.8) is 0 Å². The predicted molar refractivity (Wildman–Crippen MR) is 134 cm³/mol. The van der Waals surface area contributed by atoms with Crippen LogP contribution in [-0.2, 0) is 13.0 Å². The first-order valence-corrected chi connectivity index (χ1v) is 12.1. The smallest absolute Gasteiger partial charge is 0.330 e. The van der Waals surface area contributed by atoms with Gasteiger partial charge in [0.25, 0.3) is 5.56 Å². The van der Waals surface area contributed by atoms with E-state index >= 15 is 0 Å². The normalized spacial score (nSPS) is 17.0.